The first-order valence-electron chi connectivity index (χ1n) is 6.61. The minimum atomic E-state index is -0.795. The maximum absolute atomic E-state index is 9.44. The molecule has 4 atom stereocenters. The lowest BCUT2D eigenvalue weighted by molar-refractivity contribution is -0.175. The molecule has 2 fully saturated rings. The number of hydrogen-bond donors (Lipinski definition) is 1. The van der Waals surface area contributed by atoms with E-state index in [0.717, 1.165) is 0 Å². The number of aliphatic hydroxyl groups is 1. The van der Waals surface area contributed by atoms with Crippen molar-refractivity contribution in [1.29, 1.82) is 0 Å². The van der Waals surface area contributed by atoms with E-state index in [9.17, 15) is 5.11 Å². The van der Waals surface area contributed by atoms with Crippen LogP contribution in [-0.2, 0) is 18.9 Å². The summed E-state index contributed by atoms with van der Waals surface area (Å²) < 4.78 is 23.0. The van der Waals surface area contributed by atoms with Crippen molar-refractivity contribution in [2.24, 2.45) is 5.11 Å². The van der Waals surface area contributed by atoms with Gasteiger partial charge in [0.2, 0.25) is 0 Å². The third-order valence-electron chi connectivity index (χ3n) is 3.27. The highest BCUT2D eigenvalue weighted by atomic mass is 16.8. The summed E-state index contributed by atoms with van der Waals surface area (Å²) in [4.78, 5) is 2.74. The molecule has 1 N–H and O–H groups in total. The summed E-state index contributed by atoms with van der Waals surface area (Å²) in [7, 11) is 0. The lowest BCUT2D eigenvalue weighted by Crippen LogP contribution is -2.44. The van der Waals surface area contributed by atoms with Gasteiger partial charge in [-0.3, -0.25) is 0 Å². The summed E-state index contributed by atoms with van der Waals surface area (Å²) in [6.07, 6.45) is -1.87. The minimum absolute atomic E-state index is 0.142. The van der Waals surface area contributed by atoms with Gasteiger partial charge in [0.05, 0.1) is 19.3 Å². The number of azide groups is 1. The van der Waals surface area contributed by atoms with Crippen LogP contribution in [0.4, 0.5) is 0 Å². The average molecular weight is 287 g/mol. The highest BCUT2D eigenvalue weighted by Gasteiger charge is 2.53. The molecule has 2 rings (SSSR count). The zero-order chi connectivity index (χ0) is 15.0. The van der Waals surface area contributed by atoms with Crippen LogP contribution in [0, 0.1) is 0 Å². The molecule has 114 valence electrons. The topological polar surface area (TPSA) is 106 Å². The summed E-state index contributed by atoms with van der Waals surface area (Å²) >= 11 is 0. The Balaban J connectivity index is 2.17. The highest BCUT2D eigenvalue weighted by molar-refractivity contribution is 4.95. The van der Waals surface area contributed by atoms with Gasteiger partial charge in [0.25, 0.3) is 0 Å². The molecule has 0 aromatic carbocycles. The molecule has 2 heterocycles. The Morgan fingerprint density at radius 2 is 1.50 bits per heavy atom. The van der Waals surface area contributed by atoms with Crippen LogP contribution in [0.2, 0.25) is 0 Å². The Morgan fingerprint density at radius 3 is 2.00 bits per heavy atom. The standard InChI is InChI=1S/C12H21N3O5/c1-11(2)17-7(5-14-15-13)9(19-11)10-8(6-16)18-12(3,4)20-10/h7-10,16H,5-6H2,1-4H3/t7-,8+,9+,10-/m1/s1. The predicted octanol–water partition coefficient (Wildman–Crippen LogP) is 1.33. The van der Waals surface area contributed by atoms with Crippen LogP contribution in [0.3, 0.4) is 0 Å². The Morgan fingerprint density at radius 1 is 1.00 bits per heavy atom. The molecular weight excluding hydrogens is 266 g/mol. The Kier molecular flexibility index (Phi) is 4.24. The third-order valence-corrected chi connectivity index (χ3v) is 3.27. The molecule has 0 aliphatic carbocycles. The number of hydrogen-bond acceptors (Lipinski definition) is 6. The fourth-order valence-corrected chi connectivity index (χ4v) is 2.68. The molecule has 2 aliphatic rings. The zero-order valence-corrected chi connectivity index (χ0v) is 12.1. The molecule has 0 aromatic rings. The van der Waals surface area contributed by atoms with Crippen molar-refractivity contribution in [1.82, 2.24) is 0 Å². The van der Waals surface area contributed by atoms with E-state index < -0.39 is 36.0 Å². The van der Waals surface area contributed by atoms with Crippen LogP contribution < -0.4 is 0 Å². The maximum atomic E-state index is 9.44. The molecule has 0 radical (unpaired) electrons. The number of aliphatic hydroxyl groups excluding tert-OH is 1. The number of nitrogens with zero attached hydrogens (tertiary/aromatic N) is 3. The van der Waals surface area contributed by atoms with E-state index in [-0.39, 0.29) is 13.2 Å². The zero-order valence-electron chi connectivity index (χ0n) is 12.1. The second-order valence-electron chi connectivity index (χ2n) is 5.87. The second-order valence-corrected chi connectivity index (χ2v) is 5.87. The van der Waals surface area contributed by atoms with Gasteiger partial charge in [0.15, 0.2) is 11.6 Å². The first kappa shape index (κ1) is 15.5. The van der Waals surface area contributed by atoms with Gasteiger partial charge in [-0.1, -0.05) is 5.11 Å². The van der Waals surface area contributed by atoms with Gasteiger partial charge in [-0.05, 0) is 33.2 Å². The number of ether oxygens (including phenoxy) is 4. The molecular formula is C12H21N3O5. The molecule has 20 heavy (non-hydrogen) atoms. The van der Waals surface area contributed by atoms with E-state index in [1.54, 1.807) is 27.7 Å². The normalized spacial score (nSPS) is 38.6. The van der Waals surface area contributed by atoms with Crippen molar-refractivity contribution in [3.05, 3.63) is 10.4 Å². The summed E-state index contributed by atoms with van der Waals surface area (Å²) in [5.41, 5.74) is 8.46. The monoisotopic (exact) mass is 287 g/mol. The van der Waals surface area contributed by atoms with Crippen molar-refractivity contribution < 1.29 is 24.1 Å². The second kappa shape index (κ2) is 5.48. The van der Waals surface area contributed by atoms with Gasteiger partial charge >= 0.3 is 0 Å². The van der Waals surface area contributed by atoms with Gasteiger partial charge in [0, 0.05) is 4.91 Å². The van der Waals surface area contributed by atoms with Crippen LogP contribution >= 0.6 is 0 Å². The molecule has 0 aromatic heterocycles. The molecule has 2 saturated heterocycles. The fraction of sp³-hybridized carbons (Fsp3) is 1.00. The van der Waals surface area contributed by atoms with Gasteiger partial charge < -0.3 is 24.1 Å². The molecule has 0 amide bonds. The first-order chi connectivity index (χ1) is 9.28. The summed E-state index contributed by atoms with van der Waals surface area (Å²) in [5, 5.41) is 13.0. The van der Waals surface area contributed by atoms with Crippen molar-refractivity contribution in [2.75, 3.05) is 13.2 Å². The first-order valence-corrected chi connectivity index (χ1v) is 6.61. The van der Waals surface area contributed by atoms with E-state index in [2.05, 4.69) is 10.0 Å². The van der Waals surface area contributed by atoms with E-state index >= 15 is 0 Å². The lowest BCUT2D eigenvalue weighted by atomic mass is 10.0. The molecule has 0 unspecified atom stereocenters. The quantitative estimate of drug-likeness (QED) is 0.477. The summed E-state index contributed by atoms with van der Waals surface area (Å²) in [6, 6.07) is 0. The van der Waals surface area contributed by atoms with Crippen molar-refractivity contribution in [2.45, 2.75) is 63.7 Å². The van der Waals surface area contributed by atoms with Gasteiger partial charge in [-0.2, -0.15) is 0 Å². The van der Waals surface area contributed by atoms with Gasteiger partial charge in [-0.25, -0.2) is 0 Å². The fourth-order valence-electron chi connectivity index (χ4n) is 2.68. The van der Waals surface area contributed by atoms with Crippen molar-refractivity contribution in [3.8, 4) is 0 Å². The third kappa shape index (κ3) is 3.22. The molecule has 0 bridgehead atoms. The molecule has 0 saturated carbocycles. The molecule has 8 heteroatoms. The van der Waals surface area contributed by atoms with E-state index in [4.69, 9.17) is 24.5 Å². The predicted molar refractivity (Wildman–Crippen MR) is 68.7 cm³/mol. The van der Waals surface area contributed by atoms with E-state index in [1.165, 1.54) is 0 Å². The minimum Gasteiger partial charge on any atom is -0.394 e. The van der Waals surface area contributed by atoms with E-state index in [0.29, 0.717) is 0 Å². The maximum Gasteiger partial charge on any atom is 0.164 e. The highest BCUT2D eigenvalue weighted by Crippen LogP contribution is 2.38. The van der Waals surface area contributed by atoms with Crippen LogP contribution in [0.5, 0.6) is 0 Å². The van der Waals surface area contributed by atoms with Crippen LogP contribution in [0.15, 0.2) is 5.11 Å². The SMILES string of the molecule is CC1(C)O[C@@H]([C@H]2OC(C)(C)O[C@@H]2CN=[N+]=[N-])[C@H](CO)O1. The summed E-state index contributed by atoms with van der Waals surface area (Å²) in [6.45, 7) is 7.08. The largest absolute Gasteiger partial charge is 0.394 e. The van der Waals surface area contributed by atoms with Crippen LogP contribution in [-0.4, -0.2) is 54.2 Å². The average Bonchev–Trinajstić information content (AvgIpc) is 2.82. The van der Waals surface area contributed by atoms with Gasteiger partial charge in [-0.15, -0.1) is 0 Å². The van der Waals surface area contributed by atoms with Crippen molar-refractivity contribution in [3.63, 3.8) is 0 Å². The molecule has 0 spiro atoms. The Labute approximate surface area is 117 Å². The Hall–Kier alpha value is -0.890. The lowest BCUT2D eigenvalue weighted by Gasteiger charge is -2.25. The van der Waals surface area contributed by atoms with Gasteiger partial charge in [0.1, 0.15) is 18.3 Å². The van der Waals surface area contributed by atoms with Crippen LogP contribution in [0.25, 0.3) is 10.4 Å². The summed E-state index contributed by atoms with van der Waals surface area (Å²) in [5.74, 6) is -1.59. The molecule has 2 aliphatic heterocycles. The van der Waals surface area contributed by atoms with Crippen molar-refractivity contribution >= 4 is 0 Å². The smallest absolute Gasteiger partial charge is 0.164 e. The number of rotatable bonds is 4. The van der Waals surface area contributed by atoms with Crippen LogP contribution in [0.1, 0.15) is 27.7 Å². The van der Waals surface area contributed by atoms with E-state index in [1.807, 2.05) is 0 Å². The molecule has 8 nitrogen and oxygen atoms in total. The Bertz CT molecular complexity index is 408.